The van der Waals surface area contributed by atoms with Crippen molar-refractivity contribution in [2.75, 3.05) is 0 Å². The van der Waals surface area contributed by atoms with Gasteiger partial charge in [-0.05, 0) is 0 Å². The Kier molecular flexibility index (Phi) is 2.66. The maximum absolute atomic E-state index is 7.92. The second-order valence-corrected chi connectivity index (χ2v) is 1.55. The van der Waals surface area contributed by atoms with Crippen molar-refractivity contribution in [1.29, 1.82) is 10.8 Å². The highest BCUT2D eigenvalue weighted by Crippen LogP contribution is 1.83. The summed E-state index contributed by atoms with van der Waals surface area (Å²) in [6, 6.07) is 0. The largest absolute Gasteiger partial charge is 0.409 e. The first-order chi connectivity index (χ1) is 4.09. The third-order valence-electron chi connectivity index (χ3n) is 0.583. The summed E-state index contributed by atoms with van der Waals surface area (Å²) >= 11 is 4.99. The molecule has 0 amide bonds. The fraction of sp³-hybridized carbons (Fsp3) is 0. The summed E-state index contributed by atoms with van der Waals surface area (Å²) in [5.74, 6) is -0.463. The van der Waals surface area contributed by atoms with Crippen molar-refractivity contribution in [3.8, 4) is 0 Å². The van der Waals surface area contributed by atoms with Crippen LogP contribution in [-0.2, 0) is 0 Å². The van der Waals surface area contributed by atoms with Crippen LogP contribution in [0, 0.1) is 10.8 Å². The summed E-state index contributed by atoms with van der Waals surface area (Å²) in [6.45, 7) is 0. The number of nitrogens with zero attached hydrogens (tertiary/aromatic N) is 1. The Morgan fingerprint density at radius 3 is 2.11 bits per heavy atom. The first-order valence-corrected chi connectivity index (χ1v) is 2.28. The molecule has 0 aliphatic heterocycles. The quantitative estimate of drug-likeness (QED) is 0.191. The second kappa shape index (κ2) is 3.03. The van der Waals surface area contributed by atoms with E-state index < -0.39 is 16.7 Å². The van der Waals surface area contributed by atoms with Crippen LogP contribution >= 0.6 is 11.6 Å². The van der Waals surface area contributed by atoms with E-state index in [0.29, 0.717) is 0 Å². The van der Waals surface area contributed by atoms with Gasteiger partial charge in [-0.15, -0.1) is 0 Å². The van der Waals surface area contributed by atoms with Crippen LogP contribution in [0.3, 0.4) is 0 Å². The molecule has 0 bridgehead atoms. The summed E-state index contributed by atoms with van der Waals surface area (Å²) < 4.78 is 0. The molecule has 0 unspecified atom stereocenters. The highest BCUT2D eigenvalue weighted by atomic mass is 35.5. The maximum Gasteiger partial charge on any atom is 0.191 e. The van der Waals surface area contributed by atoms with Crippen LogP contribution in [0.4, 0.5) is 0 Å². The average Bonchev–Trinajstić information content (AvgIpc) is 1.84. The van der Waals surface area contributed by atoms with Gasteiger partial charge in [-0.2, -0.15) is 0 Å². The standard InChI is InChI=1S/C3H5ClN4O/c4-2(6)1(5)3(7)8-9/h5-6,9H,(H2,7,8). The zero-order valence-corrected chi connectivity index (χ0v) is 5.11. The molecule has 0 saturated heterocycles. The van der Waals surface area contributed by atoms with Gasteiger partial charge in [-0.25, -0.2) is 0 Å². The average molecular weight is 149 g/mol. The molecule has 0 rings (SSSR count). The molecule has 5 nitrogen and oxygen atoms in total. The molecule has 50 valence electrons. The molecule has 5 N–H and O–H groups in total. The highest BCUT2D eigenvalue weighted by molar-refractivity contribution is 6.91. The lowest BCUT2D eigenvalue weighted by atomic mass is 10.4. The SMILES string of the molecule is N=C(Cl)C(=N)/C(N)=N\O. The minimum Gasteiger partial charge on any atom is -0.409 e. The molecule has 0 atom stereocenters. The zero-order valence-electron chi connectivity index (χ0n) is 4.35. The van der Waals surface area contributed by atoms with E-state index in [1.54, 1.807) is 0 Å². The van der Waals surface area contributed by atoms with E-state index in [1.165, 1.54) is 0 Å². The van der Waals surface area contributed by atoms with E-state index in [1.807, 2.05) is 0 Å². The van der Waals surface area contributed by atoms with Crippen LogP contribution in [0.5, 0.6) is 0 Å². The molecule has 0 radical (unpaired) electrons. The molecule has 0 aromatic rings. The van der Waals surface area contributed by atoms with Gasteiger partial charge in [0.1, 0.15) is 10.9 Å². The Hall–Kier alpha value is -1.10. The number of hydrogen-bond donors (Lipinski definition) is 4. The normalized spacial score (nSPS) is 11.0. The Labute approximate surface area is 56.1 Å². The Balaban J connectivity index is 4.23. The van der Waals surface area contributed by atoms with E-state index in [-0.39, 0.29) is 0 Å². The first kappa shape index (κ1) is 7.90. The van der Waals surface area contributed by atoms with Crippen molar-refractivity contribution in [2.24, 2.45) is 10.9 Å². The van der Waals surface area contributed by atoms with Crippen LogP contribution in [0.15, 0.2) is 5.16 Å². The summed E-state index contributed by atoms with van der Waals surface area (Å²) in [5, 5.41) is 23.2. The summed E-state index contributed by atoms with van der Waals surface area (Å²) in [5.41, 5.74) is 4.38. The van der Waals surface area contributed by atoms with Crippen LogP contribution in [0.25, 0.3) is 0 Å². The Morgan fingerprint density at radius 1 is 1.56 bits per heavy atom. The van der Waals surface area contributed by atoms with Crippen molar-refractivity contribution in [3.63, 3.8) is 0 Å². The monoisotopic (exact) mass is 148 g/mol. The lowest BCUT2D eigenvalue weighted by molar-refractivity contribution is 0.319. The molecular weight excluding hydrogens is 144 g/mol. The second-order valence-electron chi connectivity index (χ2n) is 1.17. The van der Waals surface area contributed by atoms with E-state index in [9.17, 15) is 0 Å². The molecule has 0 aromatic carbocycles. The van der Waals surface area contributed by atoms with Crippen molar-refractivity contribution >= 4 is 28.3 Å². The van der Waals surface area contributed by atoms with E-state index in [4.69, 9.17) is 33.4 Å². The van der Waals surface area contributed by atoms with Gasteiger partial charge < -0.3 is 10.9 Å². The van der Waals surface area contributed by atoms with Gasteiger partial charge in [0, 0.05) is 0 Å². The zero-order chi connectivity index (χ0) is 7.44. The fourth-order valence-electron chi connectivity index (χ4n) is 0.162. The first-order valence-electron chi connectivity index (χ1n) is 1.90. The Bertz CT molecular complexity index is 175. The molecule has 0 aliphatic rings. The lowest BCUT2D eigenvalue weighted by Crippen LogP contribution is -2.26. The number of nitrogens with two attached hydrogens (primary N) is 1. The molecule has 0 aromatic heterocycles. The van der Waals surface area contributed by atoms with Gasteiger partial charge in [-0.3, -0.25) is 10.8 Å². The molecule has 0 heterocycles. The minimum absolute atomic E-state index is 0.463. The van der Waals surface area contributed by atoms with Crippen LogP contribution < -0.4 is 5.73 Å². The summed E-state index contributed by atoms with van der Waals surface area (Å²) in [4.78, 5) is 0. The van der Waals surface area contributed by atoms with Crippen molar-refractivity contribution in [1.82, 2.24) is 0 Å². The minimum atomic E-state index is -0.551. The van der Waals surface area contributed by atoms with Gasteiger partial charge >= 0.3 is 0 Å². The molecule has 0 fully saturated rings. The van der Waals surface area contributed by atoms with E-state index in [0.717, 1.165) is 0 Å². The van der Waals surface area contributed by atoms with Gasteiger partial charge in [0.15, 0.2) is 5.84 Å². The predicted octanol–water partition coefficient (Wildman–Crippen LogP) is -0.0314. The smallest absolute Gasteiger partial charge is 0.191 e. The third-order valence-corrected chi connectivity index (χ3v) is 0.772. The molecular formula is C3H5ClN4O. The van der Waals surface area contributed by atoms with Crippen LogP contribution in [0.2, 0.25) is 0 Å². The third kappa shape index (κ3) is 2.09. The van der Waals surface area contributed by atoms with Gasteiger partial charge in [0.2, 0.25) is 0 Å². The van der Waals surface area contributed by atoms with Gasteiger partial charge in [0.05, 0.1) is 0 Å². The van der Waals surface area contributed by atoms with Crippen molar-refractivity contribution in [2.45, 2.75) is 0 Å². The Morgan fingerprint density at radius 2 is 2.00 bits per heavy atom. The molecule has 0 saturated carbocycles. The number of nitrogens with one attached hydrogen (secondary N) is 2. The van der Waals surface area contributed by atoms with E-state index in [2.05, 4.69) is 5.16 Å². The van der Waals surface area contributed by atoms with Crippen LogP contribution in [-0.4, -0.2) is 21.9 Å². The van der Waals surface area contributed by atoms with Gasteiger partial charge in [-0.1, -0.05) is 16.8 Å². The van der Waals surface area contributed by atoms with Gasteiger partial charge in [0.25, 0.3) is 0 Å². The molecule has 0 spiro atoms. The number of amidine groups is 1. The number of hydrogen-bond acceptors (Lipinski definition) is 4. The van der Waals surface area contributed by atoms with Crippen LogP contribution in [0.1, 0.15) is 0 Å². The summed E-state index contributed by atoms with van der Waals surface area (Å²) in [7, 11) is 0. The molecule has 9 heavy (non-hydrogen) atoms. The van der Waals surface area contributed by atoms with Crippen molar-refractivity contribution < 1.29 is 5.21 Å². The lowest BCUT2D eigenvalue weighted by Gasteiger charge is -1.93. The summed E-state index contributed by atoms with van der Waals surface area (Å²) in [6.07, 6.45) is 0. The van der Waals surface area contributed by atoms with Crippen molar-refractivity contribution in [3.05, 3.63) is 0 Å². The molecule has 6 heteroatoms. The molecule has 0 aliphatic carbocycles. The highest BCUT2D eigenvalue weighted by Gasteiger charge is 2.05. The fourth-order valence-corrected chi connectivity index (χ4v) is 0.259. The number of halogens is 1. The number of oxime groups is 1. The predicted molar refractivity (Wildman–Crippen MR) is 34.7 cm³/mol. The maximum atomic E-state index is 7.92. The number of rotatable bonds is 2. The van der Waals surface area contributed by atoms with E-state index >= 15 is 0 Å². The topological polar surface area (TPSA) is 106 Å².